The first-order valence-electron chi connectivity index (χ1n) is 6.54. The van der Waals surface area contributed by atoms with Crippen molar-refractivity contribution in [3.8, 4) is 0 Å². The maximum Gasteiger partial charge on any atom is 0.316 e. The Balaban J connectivity index is 2.37. The van der Waals surface area contributed by atoms with Gasteiger partial charge in [-0.1, -0.05) is 30.3 Å². The number of nitro benzene ring substituents is 1. The van der Waals surface area contributed by atoms with Crippen LogP contribution in [0, 0.1) is 17.0 Å². The van der Waals surface area contributed by atoms with Crippen molar-refractivity contribution in [2.45, 2.75) is 13.5 Å². The van der Waals surface area contributed by atoms with Gasteiger partial charge in [-0.2, -0.15) is 0 Å². The van der Waals surface area contributed by atoms with E-state index in [1.165, 1.54) is 0 Å². The fraction of sp³-hybridized carbons (Fsp3) is 0.200. The van der Waals surface area contributed by atoms with Crippen molar-refractivity contribution >= 4 is 17.1 Å². The van der Waals surface area contributed by atoms with Gasteiger partial charge in [0.05, 0.1) is 4.92 Å². The van der Waals surface area contributed by atoms with Crippen molar-refractivity contribution in [2.24, 2.45) is 5.84 Å². The summed E-state index contributed by atoms with van der Waals surface area (Å²) in [6.45, 7) is 2.61. The number of nitro groups is 1. The maximum atomic E-state index is 11.3. The van der Waals surface area contributed by atoms with E-state index in [0.29, 0.717) is 17.9 Å². The summed E-state index contributed by atoms with van der Waals surface area (Å²) in [7, 11) is 1.83. The van der Waals surface area contributed by atoms with E-state index in [1.807, 2.05) is 43.1 Å². The standard InChI is InChI=1S/C15H18N4O2/c1-11-6-3-4-7-12(11)10-18(2)14-9-5-8-13(17-16)15(14)19(20)21/h3-9,17H,10,16H2,1-2H3. The number of nitrogens with zero attached hydrogens (tertiary/aromatic N) is 2. The molecule has 0 saturated carbocycles. The SMILES string of the molecule is Cc1ccccc1CN(C)c1cccc(NN)c1[N+](=O)[O-]. The minimum Gasteiger partial charge on any atom is -0.365 e. The molecule has 0 bridgehead atoms. The summed E-state index contributed by atoms with van der Waals surface area (Å²) in [5, 5.41) is 11.3. The molecule has 0 heterocycles. The number of para-hydroxylation sites is 1. The Hall–Kier alpha value is -2.60. The average molecular weight is 286 g/mol. The fourth-order valence-electron chi connectivity index (χ4n) is 2.28. The number of nitrogens with one attached hydrogen (secondary N) is 1. The van der Waals surface area contributed by atoms with E-state index in [9.17, 15) is 10.1 Å². The van der Waals surface area contributed by atoms with Gasteiger partial charge in [0.15, 0.2) is 0 Å². The lowest BCUT2D eigenvalue weighted by Crippen LogP contribution is -2.19. The van der Waals surface area contributed by atoms with E-state index in [4.69, 9.17) is 5.84 Å². The van der Waals surface area contributed by atoms with Crippen molar-refractivity contribution in [3.63, 3.8) is 0 Å². The van der Waals surface area contributed by atoms with Gasteiger partial charge in [-0.05, 0) is 30.2 Å². The number of aryl methyl sites for hydroxylation is 1. The highest BCUT2D eigenvalue weighted by Gasteiger charge is 2.22. The normalized spacial score (nSPS) is 10.2. The monoisotopic (exact) mass is 286 g/mol. The van der Waals surface area contributed by atoms with Crippen molar-refractivity contribution in [2.75, 3.05) is 17.4 Å². The van der Waals surface area contributed by atoms with Crippen LogP contribution >= 0.6 is 0 Å². The Bertz CT molecular complexity index is 658. The highest BCUT2D eigenvalue weighted by molar-refractivity contribution is 5.76. The van der Waals surface area contributed by atoms with Gasteiger partial charge in [0.25, 0.3) is 0 Å². The molecule has 0 aromatic heterocycles. The third-order valence-electron chi connectivity index (χ3n) is 3.43. The highest BCUT2D eigenvalue weighted by atomic mass is 16.6. The molecule has 0 unspecified atom stereocenters. The van der Waals surface area contributed by atoms with Crippen molar-refractivity contribution < 1.29 is 4.92 Å². The number of nitrogen functional groups attached to an aromatic ring is 1. The summed E-state index contributed by atoms with van der Waals surface area (Å²) in [4.78, 5) is 12.7. The highest BCUT2D eigenvalue weighted by Crippen LogP contribution is 2.35. The first kappa shape index (κ1) is 14.8. The third kappa shape index (κ3) is 3.11. The third-order valence-corrected chi connectivity index (χ3v) is 3.43. The zero-order valence-electron chi connectivity index (χ0n) is 12.0. The molecule has 0 spiro atoms. The molecule has 6 nitrogen and oxygen atoms in total. The van der Waals surface area contributed by atoms with Gasteiger partial charge in [-0.25, -0.2) is 0 Å². The van der Waals surface area contributed by atoms with Gasteiger partial charge in [0.2, 0.25) is 0 Å². The lowest BCUT2D eigenvalue weighted by Gasteiger charge is -2.21. The van der Waals surface area contributed by atoms with Crippen LogP contribution in [0.4, 0.5) is 17.1 Å². The molecular weight excluding hydrogens is 268 g/mol. The van der Waals surface area contributed by atoms with Crippen LogP contribution in [0.5, 0.6) is 0 Å². The fourth-order valence-corrected chi connectivity index (χ4v) is 2.28. The summed E-state index contributed by atoms with van der Waals surface area (Å²) < 4.78 is 0. The molecule has 110 valence electrons. The molecule has 0 aliphatic carbocycles. The summed E-state index contributed by atoms with van der Waals surface area (Å²) >= 11 is 0. The Morgan fingerprint density at radius 3 is 2.57 bits per heavy atom. The van der Waals surface area contributed by atoms with Crippen LogP contribution in [0.3, 0.4) is 0 Å². The molecule has 2 aromatic rings. The molecule has 0 radical (unpaired) electrons. The zero-order valence-corrected chi connectivity index (χ0v) is 12.0. The summed E-state index contributed by atoms with van der Waals surface area (Å²) in [6, 6.07) is 13.0. The van der Waals surface area contributed by atoms with Gasteiger partial charge in [-0.3, -0.25) is 16.0 Å². The molecule has 3 N–H and O–H groups in total. The van der Waals surface area contributed by atoms with E-state index < -0.39 is 4.92 Å². The van der Waals surface area contributed by atoms with Crippen LogP contribution in [0.25, 0.3) is 0 Å². The van der Waals surface area contributed by atoms with Crippen molar-refractivity contribution in [1.82, 2.24) is 0 Å². The topological polar surface area (TPSA) is 84.4 Å². The molecule has 0 aliphatic heterocycles. The largest absolute Gasteiger partial charge is 0.365 e. The van der Waals surface area contributed by atoms with Gasteiger partial charge in [0.1, 0.15) is 11.4 Å². The Morgan fingerprint density at radius 1 is 1.24 bits per heavy atom. The number of anilines is 2. The van der Waals surface area contributed by atoms with Crippen LogP contribution in [-0.4, -0.2) is 12.0 Å². The van der Waals surface area contributed by atoms with Gasteiger partial charge < -0.3 is 10.3 Å². The van der Waals surface area contributed by atoms with Gasteiger partial charge in [-0.15, -0.1) is 0 Å². The summed E-state index contributed by atoms with van der Waals surface area (Å²) in [5.74, 6) is 5.36. The van der Waals surface area contributed by atoms with Crippen LogP contribution in [0.2, 0.25) is 0 Å². The predicted molar refractivity (Wildman–Crippen MR) is 84.2 cm³/mol. The number of hydrazine groups is 1. The van der Waals surface area contributed by atoms with E-state index in [2.05, 4.69) is 5.43 Å². The summed E-state index contributed by atoms with van der Waals surface area (Å²) in [6.07, 6.45) is 0. The average Bonchev–Trinajstić information content (AvgIpc) is 2.48. The predicted octanol–water partition coefficient (Wildman–Crippen LogP) is 2.83. The second kappa shape index (κ2) is 6.23. The number of rotatable bonds is 5. The summed E-state index contributed by atoms with van der Waals surface area (Å²) in [5.41, 5.74) is 5.47. The molecule has 0 amide bonds. The molecule has 0 aliphatic rings. The van der Waals surface area contributed by atoms with E-state index in [-0.39, 0.29) is 5.69 Å². The van der Waals surface area contributed by atoms with Gasteiger partial charge >= 0.3 is 5.69 Å². The number of benzene rings is 2. The van der Waals surface area contributed by atoms with Crippen LogP contribution < -0.4 is 16.2 Å². The molecule has 21 heavy (non-hydrogen) atoms. The van der Waals surface area contributed by atoms with E-state index >= 15 is 0 Å². The molecule has 0 saturated heterocycles. The first-order valence-corrected chi connectivity index (χ1v) is 6.54. The molecule has 6 heteroatoms. The first-order chi connectivity index (χ1) is 10.0. The Labute approximate surface area is 123 Å². The maximum absolute atomic E-state index is 11.3. The van der Waals surface area contributed by atoms with E-state index in [0.717, 1.165) is 11.1 Å². The number of hydrogen-bond donors (Lipinski definition) is 2. The lowest BCUT2D eigenvalue weighted by atomic mass is 10.1. The molecule has 2 rings (SSSR count). The smallest absolute Gasteiger partial charge is 0.316 e. The van der Waals surface area contributed by atoms with Crippen molar-refractivity contribution in [3.05, 3.63) is 63.7 Å². The second-order valence-corrected chi connectivity index (χ2v) is 4.86. The van der Waals surface area contributed by atoms with Gasteiger partial charge in [0, 0.05) is 13.6 Å². The second-order valence-electron chi connectivity index (χ2n) is 4.86. The number of hydrogen-bond acceptors (Lipinski definition) is 5. The Kier molecular flexibility index (Phi) is 4.39. The van der Waals surface area contributed by atoms with Crippen LogP contribution in [0.15, 0.2) is 42.5 Å². The van der Waals surface area contributed by atoms with E-state index in [1.54, 1.807) is 18.2 Å². The zero-order chi connectivity index (χ0) is 15.4. The molecule has 2 aromatic carbocycles. The quantitative estimate of drug-likeness (QED) is 0.501. The van der Waals surface area contributed by atoms with Crippen LogP contribution in [-0.2, 0) is 6.54 Å². The Morgan fingerprint density at radius 2 is 1.95 bits per heavy atom. The molecular formula is C15H18N4O2. The number of nitrogens with two attached hydrogens (primary N) is 1. The van der Waals surface area contributed by atoms with Crippen LogP contribution in [0.1, 0.15) is 11.1 Å². The lowest BCUT2D eigenvalue weighted by molar-refractivity contribution is -0.383. The minimum atomic E-state index is -0.418. The van der Waals surface area contributed by atoms with Crippen molar-refractivity contribution in [1.29, 1.82) is 0 Å². The molecule has 0 atom stereocenters. The molecule has 0 fully saturated rings. The minimum absolute atomic E-state index is 0.0175.